The van der Waals surface area contributed by atoms with E-state index in [9.17, 15) is 5.11 Å². The van der Waals surface area contributed by atoms with Crippen molar-refractivity contribution < 1.29 is 15.3 Å². The average Bonchev–Trinajstić information content (AvgIpc) is 2.21. The van der Waals surface area contributed by atoms with E-state index in [0.717, 1.165) is 5.56 Å². The van der Waals surface area contributed by atoms with Crippen molar-refractivity contribution in [3.63, 3.8) is 0 Å². The van der Waals surface area contributed by atoms with E-state index in [4.69, 9.17) is 5.26 Å². The van der Waals surface area contributed by atoms with Crippen LogP contribution in [0.2, 0.25) is 0 Å². The van der Waals surface area contributed by atoms with Crippen molar-refractivity contribution in [3.8, 4) is 0 Å². The first-order valence-electron chi connectivity index (χ1n) is 4.46. The quantitative estimate of drug-likeness (QED) is 0.482. The van der Waals surface area contributed by atoms with Crippen molar-refractivity contribution in [2.75, 3.05) is 13.7 Å². The van der Waals surface area contributed by atoms with E-state index in [0.29, 0.717) is 0 Å². The third-order valence-corrected chi connectivity index (χ3v) is 2.10. The SMILES string of the molecule is CNC(c1ccccc1)C(O)COO. The minimum Gasteiger partial charge on any atom is -0.389 e. The van der Waals surface area contributed by atoms with Crippen LogP contribution in [0.25, 0.3) is 0 Å². The molecule has 0 heterocycles. The highest BCUT2D eigenvalue weighted by atomic mass is 17.1. The zero-order chi connectivity index (χ0) is 10.4. The topological polar surface area (TPSA) is 61.7 Å². The number of aliphatic hydroxyl groups excluding tert-OH is 1. The largest absolute Gasteiger partial charge is 0.389 e. The summed E-state index contributed by atoms with van der Waals surface area (Å²) in [6.07, 6.45) is -0.771. The fourth-order valence-electron chi connectivity index (χ4n) is 1.41. The van der Waals surface area contributed by atoms with Crippen molar-refractivity contribution >= 4 is 0 Å². The lowest BCUT2D eigenvalue weighted by molar-refractivity contribution is -0.258. The van der Waals surface area contributed by atoms with Gasteiger partial charge in [0, 0.05) is 0 Å². The molecule has 0 bridgehead atoms. The second kappa shape index (κ2) is 5.72. The highest BCUT2D eigenvalue weighted by Crippen LogP contribution is 2.16. The van der Waals surface area contributed by atoms with Gasteiger partial charge in [-0.15, -0.1) is 0 Å². The average molecular weight is 197 g/mol. The summed E-state index contributed by atoms with van der Waals surface area (Å²) < 4.78 is 0. The summed E-state index contributed by atoms with van der Waals surface area (Å²) >= 11 is 0. The van der Waals surface area contributed by atoms with Gasteiger partial charge in [0.1, 0.15) is 6.61 Å². The van der Waals surface area contributed by atoms with Gasteiger partial charge in [0.2, 0.25) is 0 Å². The molecule has 1 rings (SSSR count). The fraction of sp³-hybridized carbons (Fsp3) is 0.400. The number of aliphatic hydroxyl groups is 1. The molecule has 4 heteroatoms. The first kappa shape index (κ1) is 11.1. The normalized spacial score (nSPS) is 15.1. The van der Waals surface area contributed by atoms with E-state index in [1.807, 2.05) is 30.3 Å². The predicted molar refractivity (Wildman–Crippen MR) is 52.8 cm³/mol. The molecule has 0 fully saturated rings. The van der Waals surface area contributed by atoms with Crippen molar-refractivity contribution in [3.05, 3.63) is 35.9 Å². The Bertz CT molecular complexity index is 253. The Morgan fingerprint density at radius 3 is 2.50 bits per heavy atom. The Balaban J connectivity index is 2.71. The molecule has 2 unspecified atom stereocenters. The van der Waals surface area contributed by atoms with Crippen LogP contribution in [0.3, 0.4) is 0 Å². The maximum atomic E-state index is 9.61. The van der Waals surface area contributed by atoms with Gasteiger partial charge in [0.05, 0.1) is 12.1 Å². The van der Waals surface area contributed by atoms with Crippen LogP contribution < -0.4 is 5.32 Å². The van der Waals surface area contributed by atoms with Gasteiger partial charge in [-0.3, -0.25) is 5.26 Å². The third-order valence-electron chi connectivity index (χ3n) is 2.10. The van der Waals surface area contributed by atoms with E-state index in [1.165, 1.54) is 0 Å². The minimum absolute atomic E-state index is 0.111. The van der Waals surface area contributed by atoms with Crippen LogP contribution in [0.15, 0.2) is 30.3 Å². The van der Waals surface area contributed by atoms with E-state index in [1.54, 1.807) is 7.05 Å². The summed E-state index contributed by atoms with van der Waals surface area (Å²) in [6, 6.07) is 9.27. The Hall–Kier alpha value is -0.940. The zero-order valence-electron chi connectivity index (χ0n) is 8.05. The number of likely N-dealkylation sites (N-methyl/N-ethyl adjacent to an activating group) is 1. The molecule has 0 saturated carbocycles. The van der Waals surface area contributed by atoms with Crippen molar-refractivity contribution in [2.24, 2.45) is 0 Å². The van der Waals surface area contributed by atoms with Crippen LogP contribution in [0.4, 0.5) is 0 Å². The molecule has 0 aliphatic rings. The maximum absolute atomic E-state index is 9.61. The van der Waals surface area contributed by atoms with Crippen LogP contribution in [-0.4, -0.2) is 30.1 Å². The molecular weight excluding hydrogens is 182 g/mol. The van der Waals surface area contributed by atoms with Crippen LogP contribution in [0.1, 0.15) is 11.6 Å². The minimum atomic E-state index is -0.771. The molecule has 0 aromatic heterocycles. The molecule has 0 radical (unpaired) electrons. The van der Waals surface area contributed by atoms with Gasteiger partial charge in [-0.2, -0.15) is 0 Å². The van der Waals surface area contributed by atoms with Crippen LogP contribution in [0.5, 0.6) is 0 Å². The second-order valence-electron chi connectivity index (χ2n) is 3.04. The fourth-order valence-corrected chi connectivity index (χ4v) is 1.41. The molecule has 1 aromatic carbocycles. The molecule has 2 atom stereocenters. The maximum Gasteiger partial charge on any atom is 0.110 e. The second-order valence-corrected chi connectivity index (χ2v) is 3.04. The van der Waals surface area contributed by atoms with Gasteiger partial charge in [0.25, 0.3) is 0 Å². The molecule has 0 aliphatic heterocycles. The summed E-state index contributed by atoms with van der Waals surface area (Å²) in [5.41, 5.74) is 0.958. The Labute approximate surface area is 83.1 Å². The molecule has 4 nitrogen and oxygen atoms in total. The summed E-state index contributed by atoms with van der Waals surface area (Å²) in [5.74, 6) is 0. The molecule has 3 N–H and O–H groups in total. The summed E-state index contributed by atoms with van der Waals surface area (Å²) in [6.45, 7) is -0.111. The van der Waals surface area contributed by atoms with Gasteiger partial charge < -0.3 is 10.4 Å². The van der Waals surface area contributed by atoms with E-state index < -0.39 is 6.10 Å². The highest BCUT2D eigenvalue weighted by molar-refractivity contribution is 5.19. The van der Waals surface area contributed by atoms with E-state index in [-0.39, 0.29) is 12.6 Å². The Kier molecular flexibility index (Phi) is 4.55. The lowest BCUT2D eigenvalue weighted by Crippen LogP contribution is -2.32. The molecule has 14 heavy (non-hydrogen) atoms. The molecule has 78 valence electrons. The lowest BCUT2D eigenvalue weighted by atomic mass is 10.0. The summed E-state index contributed by atoms with van der Waals surface area (Å²) in [7, 11) is 1.75. The summed E-state index contributed by atoms with van der Waals surface area (Å²) in [4.78, 5) is 3.92. The zero-order valence-corrected chi connectivity index (χ0v) is 8.05. The van der Waals surface area contributed by atoms with E-state index in [2.05, 4.69) is 10.2 Å². The first-order chi connectivity index (χ1) is 6.79. The van der Waals surface area contributed by atoms with Crippen LogP contribution >= 0.6 is 0 Å². The number of benzene rings is 1. The van der Waals surface area contributed by atoms with E-state index >= 15 is 0 Å². The third kappa shape index (κ3) is 2.78. The van der Waals surface area contributed by atoms with Crippen molar-refractivity contribution in [2.45, 2.75) is 12.1 Å². The number of hydrogen-bond acceptors (Lipinski definition) is 4. The summed E-state index contributed by atoms with van der Waals surface area (Å²) in [5, 5.41) is 20.8. The number of rotatable bonds is 5. The Morgan fingerprint density at radius 1 is 1.36 bits per heavy atom. The standard InChI is InChI=1S/C10H15NO3/c1-11-10(9(12)7-14-13)8-5-3-2-4-6-8/h2-6,9-13H,7H2,1H3. The molecule has 0 spiro atoms. The number of nitrogens with one attached hydrogen (secondary N) is 1. The van der Waals surface area contributed by atoms with Crippen molar-refractivity contribution in [1.29, 1.82) is 0 Å². The first-order valence-corrected chi connectivity index (χ1v) is 4.46. The predicted octanol–water partition coefficient (Wildman–Crippen LogP) is 0.798. The molecule has 0 aliphatic carbocycles. The van der Waals surface area contributed by atoms with Crippen LogP contribution in [0, 0.1) is 0 Å². The lowest BCUT2D eigenvalue weighted by Gasteiger charge is -2.21. The monoisotopic (exact) mass is 197 g/mol. The van der Waals surface area contributed by atoms with Crippen LogP contribution in [-0.2, 0) is 4.89 Å². The Morgan fingerprint density at radius 2 is 2.00 bits per heavy atom. The van der Waals surface area contributed by atoms with Gasteiger partial charge >= 0.3 is 0 Å². The van der Waals surface area contributed by atoms with Gasteiger partial charge in [0.15, 0.2) is 0 Å². The number of hydrogen-bond donors (Lipinski definition) is 3. The molecule has 0 saturated heterocycles. The van der Waals surface area contributed by atoms with Crippen molar-refractivity contribution in [1.82, 2.24) is 5.32 Å². The highest BCUT2D eigenvalue weighted by Gasteiger charge is 2.18. The van der Waals surface area contributed by atoms with Gasteiger partial charge in [-0.25, -0.2) is 4.89 Å². The van der Waals surface area contributed by atoms with Gasteiger partial charge in [-0.05, 0) is 12.6 Å². The molecule has 1 aromatic rings. The smallest absolute Gasteiger partial charge is 0.110 e. The molecule has 0 amide bonds. The molecular formula is C10H15NO3. The van der Waals surface area contributed by atoms with Gasteiger partial charge in [-0.1, -0.05) is 30.3 Å².